The van der Waals surface area contributed by atoms with E-state index in [0.717, 1.165) is 11.4 Å². The molecule has 0 N–H and O–H groups in total. The van der Waals surface area contributed by atoms with Crippen molar-refractivity contribution in [1.82, 2.24) is 8.58 Å². The second-order valence-corrected chi connectivity index (χ2v) is 3.33. The second-order valence-electron chi connectivity index (χ2n) is 2.57. The second kappa shape index (κ2) is 3.30. The molecule has 0 amide bonds. The Labute approximate surface area is 83.4 Å². The average Bonchev–Trinajstić information content (AvgIpc) is 2.53. The van der Waals surface area contributed by atoms with Crippen molar-refractivity contribution in [1.29, 1.82) is 0 Å². The van der Waals surface area contributed by atoms with Gasteiger partial charge in [-0.1, -0.05) is 0 Å². The van der Waals surface area contributed by atoms with Crippen LogP contribution in [0.4, 0.5) is 4.39 Å². The van der Waals surface area contributed by atoms with Gasteiger partial charge in [-0.3, -0.25) is 3.59 Å². The Bertz CT molecular complexity index is 408. The van der Waals surface area contributed by atoms with Gasteiger partial charge in [0.05, 0.1) is 16.1 Å². The van der Waals surface area contributed by atoms with Crippen molar-refractivity contribution in [3.05, 3.63) is 42.5 Å². The van der Waals surface area contributed by atoms with E-state index in [9.17, 15) is 4.39 Å². The monoisotopic (exact) mass is 240 g/mol. The number of hydrogen-bond acceptors (Lipinski definition) is 1. The van der Waals surface area contributed by atoms with E-state index in [2.05, 4.69) is 21.1 Å². The Kier molecular flexibility index (Phi) is 2.14. The molecule has 0 radical (unpaired) electrons. The fourth-order valence-electron chi connectivity index (χ4n) is 1.09. The lowest BCUT2D eigenvalue weighted by Crippen LogP contribution is -1.85. The molecule has 1 aromatic carbocycles. The zero-order chi connectivity index (χ0) is 9.26. The van der Waals surface area contributed by atoms with Gasteiger partial charge >= 0.3 is 0 Å². The van der Waals surface area contributed by atoms with Crippen molar-refractivity contribution in [3.63, 3.8) is 0 Å². The molecule has 0 saturated carbocycles. The summed E-state index contributed by atoms with van der Waals surface area (Å²) < 4.78 is 14.3. The summed E-state index contributed by atoms with van der Waals surface area (Å²) in [7, 11) is 0. The molecule has 0 saturated heterocycles. The van der Waals surface area contributed by atoms with Crippen molar-refractivity contribution >= 4 is 16.1 Å². The molecule has 0 fully saturated rings. The molecular formula is C9H6BrFN2. The van der Waals surface area contributed by atoms with E-state index in [1.54, 1.807) is 28.1 Å². The van der Waals surface area contributed by atoms with Crippen molar-refractivity contribution in [2.75, 3.05) is 0 Å². The SMILES string of the molecule is Fc1ccc(-c2nccn2Br)cc1. The number of hydrogen-bond donors (Lipinski definition) is 0. The predicted octanol–water partition coefficient (Wildman–Crippen LogP) is 2.85. The van der Waals surface area contributed by atoms with Crippen LogP contribution in [0, 0.1) is 5.82 Å². The minimum absolute atomic E-state index is 0.239. The summed E-state index contributed by atoms with van der Waals surface area (Å²) in [6.07, 6.45) is 3.45. The van der Waals surface area contributed by atoms with Gasteiger partial charge in [0.25, 0.3) is 0 Å². The fraction of sp³-hybridized carbons (Fsp3) is 0. The molecular weight excluding hydrogens is 235 g/mol. The minimum atomic E-state index is -0.239. The lowest BCUT2D eigenvalue weighted by Gasteiger charge is -1.98. The van der Waals surface area contributed by atoms with Gasteiger partial charge < -0.3 is 0 Å². The molecule has 2 nitrogen and oxygen atoms in total. The molecule has 0 aliphatic rings. The van der Waals surface area contributed by atoms with Crippen LogP contribution in [0.2, 0.25) is 0 Å². The van der Waals surface area contributed by atoms with E-state index < -0.39 is 0 Å². The topological polar surface area (TPSA) is 17.8 Å². The van der Waals surface area contributed by atoms with Crippen molar-refractivity contribution in [2.24, 2.45) is 0 Å². The number of rotatable bonds is 1. The van der Waals surface area contributed by atoms with Gasteiger partial charge in [0, 0.05) is 18.0 Å². The average molecular weight is 241 g/mol. The summed E-state index contributed by atoms with van der Waals surface area (Å²) in [6.45, 7) is 0. The molecule has 1 aromatic heterocycles. The third-order valence-corrected chi connectivity index (χ3v) is 2.27. The first kappa shape index (κ1) is 8.44. The molecule has 0 spiro atoms. The molecule has 4 heteroatoms. The third-order valence-electron chi connectivity index (χ3n) is 1.70. The van der Waals surface area contributed by atoms with Crippen LogP contribution < -0.4 is 0 Å². The Morgan fingerprint density at radius 3 is 2.46 bits per heavy atom. The summed E-state index contributed by atoms with van der Waals surface area (Å²) in [5, 5.41) is 0. The van der Waals surface area contributed by atoms with Gasteiger partial charge in [-0.05, 0) is 24.3 Å². The largest absolute Gasteiger partial charge is 0.266 e. The van der Waals surface area contributed by atoms with Gasteiger partial charge in [0.2, 0.25) is 0 Å². The highest BCUT2D eigenvalue weighted by molar-refractivity contribution is 9.08. The standard InChI is InChI=1S/C9H6BrFN2/c10-13-6-5-12-9(13)7-1-3-8(11)4-2-7/h1-6H. The molecule has 66 valence electrons. The molecule has 0 aliphatic heterocycles. The van der Waals surface area contributed by atoms with Gasteiger partial charge in [-0.2, -0.15) is 0 Å². The molecule has 1 heterocycles. The first-order chi connectivity index (χ1) is 6.27. The summed E-state index contributed by atoms with van der Waals surface area (Å²) in [5.74, 6) is 0.524. The zero-order valence-electron chi connectivity index (χ0n) is 6.61. The number of imidazole rings is 1. The number of benzene rings is 1. The minimum Gasteiger partial charge on any atom is -0.266 e. The van der Waals surface area contributed by atoms with Gasteiger partial charge in [0.15, 0.2) is 0 Å². The Hall–Kier alpha value is -1.16. The molecule has 2 rings (SSSR count). The van der Waals surface area contributed by atoms with E-state index in [4.69, 9.17) is 0 Å². The van der Waals surface area contributed by atoms with Crippen LogP contribution in [0.3, 0.4) is 0 Å². The Balaban J connectivity index is 2.47. The Morgan fingerprint density at radius 2 is 1.92 bits per heavy atom. The van der Waals surface area contributed by atoms with Gasteiger partial charge in [0.1, 0.15) is 11.6 Å². The highest BCUT2D eigenvalue weighted by Crippen LogP contribution is 2.18. The lowest BCUT2D eigenvalue weighted by molar-refractivity contribution is 0.628. The van der Waals surface area contributed by atoms with Gasteiger partial charge in [-0.25, -0.2) is 9.37 Å². The maximum absolute atomic E-state index is 12.6. The van der Waals surface area contributed by atoms with E-state index in [0.29, 0.717) is 0 Å². The quantitative estimate of drug-likeness (QED) is 0.750. The smallest absolute Gasteiger partial charge is 0.149 e. The summed E-state index contributed by atoms with van der Waals surface area (Å²) in [4.78, 5) is 4.11. The summed E-state index contributed by atoms with van der Waals surface area (Å²) >= 11 is 3.28. The van der Waals surface area contributed by atoms with Crippen LogP contribution in [0.1, 0.15) is 0 Å². The van der Waals surface area contributed by atoms with E-state index in [1.807, 2.05) is 0 Å². The van der Waals surface area contributed by atoms with Crippen LogP contribution in [0.15, 0.2) is 36.7 Å². The van der Waals surface area contributed by atoms with Crippen LogP contribution in [0.25, 0.3) is 11.4 Å². The maximum Gasteiger partial charge on any atom is 0.149 e. The molecule has 0 aliphatic carbocycles. The first-order valence-corrected chi connectivity index (χ1v) is 4.44. The summed E-state index contributed by atoms with van der Waals surface area (Å²) in [6, 6.07) is 6.21. The van der Waals surface area contributed by atoms with Crippen molar-refractivity contribution in [3.8, 4) is 11.4 Å². The molecule has 0 unspecified atom stereocenters. The number of halogens is 2. The number of aromatic nitrogens is 2. The molecule has 2 aromatic rings. The first-order valence-electron chi connectivity index (χ1n) is 3.73. The van der Waals surface area contributed by atoms with Crippen LogP contribution in [-0.2, 0) is 0 Å². The highest BCUT2D eigenvalue weighted by Gasteiger charge is 2.02. The molecule has 0 atom stereocenters. The molecule has 0 bridgehead atoms. The van der Waals surface area contributed by atoms with E-state index >= 15 is 0 Å². The number of nitrogens with zero attached hydrogens (tertiary/aromatic N) is 2. The zero-order valence-corrected chi connectivity index (χ0v) is 8.20. The van der Waals surface area contributed by atoms with E-state index in [1.165, 1.54) is 12.1 Å². The van der Waals surface area contributed by atoms with Crippen LogP contribution in [0.5, 0.6) is 0 Å². The normalized spacial score (nSPS) is 10.3. The molecule has 13 heavy (non-hydrogen) atoms. The predicted molar refractivity (Wildman–Crippen MR) is 51.9 cm³/mol. The maximum atomic E-state index is 12.6. The van der Waals surface area contributed by atoms with Crippen LogP contribution in [-0.4, -0.2) is 8.58 Å². The van der Waals surface area contributed by atoms with Crippen LogP contribution >= 0.6 is 16.1 Å². The van der Waals surface area contributed by atoms with Crippen molar-refractivity contribution in [2.45, 2.75) is 0 Å². The highest BCUT2D eigenvalue weighted by atomic mass is 79.9. The van der Waals surface area contributed by atoms with Gasteiger partial charge in [-0.15, -0.1) is 0 Å². The van der Waals surface area contributed by atoms with Crippen molar-refractivity contribution < 1.29 is 4.39 Å². The fourth-order valence-corrected chi connectivity index (χ4v) is 1.49. The van der Waals surface area contributed by atoms with E-state index in [-0.39, 0.29) is 5.82 Å². The third kappa shape index (κ3) is 1.62. The Morgan fingerprint density at radius 1 is 1.23 bits per heavy atom. The summed E-state index contributed by atoms with van der Waals surface area (Å²) in [5.41, 5.74) is 0.878. The lowest BCUT2D eigenvalue weighted by atomic mass is 10.2.